The van der Waals surface area contributed by atoms with Gasteiger partial charge in [0, 0.05) is 28.3 Å². The van der Waals surface area contributed by atoms with E-state index in [1.54, 1.807) is 14.0 Å². The summed E-state index contributed by atoms with van der Waals surface area (Å²) < 4.78 is 5.35. The van der Waals surface area contributed by atoms with Gasteiger partial charge in [-0.15, -0.1) is 0 Å². The molecule has 0 spiro atoms. The van der Waals surface area contributed by atoms with Crippen molar-refractivity contribution in [2.45, 2.75) is 29.9 Å². The Kier molecular flexibility index (Phi) is 4.46. The van der Waals surface area contributed by atoms with Crippen LogP contribution in [0.3, 0.4) is 0 Å². The summed E-state index contributed by atoms with van der Waals surface area (Å²) in [7, 11) is 1.61. The molecule has 0 fully saturated rings. The van der Waals surface area contributed by atoms with Gasteiger partial charge in [0.25, 0.3) is 5.56 Å². The number of hydrogen-bond acceptors (Lipinski definition) is 5. The molecule has 1 aromatic heterocycles. The maximum Gasteiger partial charge on any atom is 0.251 e. The fraction of sp³-hybridized carbons (Fsp3) is 0.286. The van der Waals surface area contributed by atoms with E-state index in [4.69, 9.17) is 10.5 Å². The van der Waals surface area contributed by atoms with Gasteiger partial charge in [0.2, 0.25) is 0 Å². The van der Waals surface area contributed by atoms with E-state index < -0.39 is 0 Å². The Morgan fingerprint density at radius 1 is 1.45 bits per heavy atom. The number of hydrogen-bond donors (Lipinski definition) is 2. The van der Waals surface area contributed by atoms with Gasteiger partial charge in [0.1, 0.15) is 5.75 Å². The number of H-pyrrole nitrogens is 1. The summed E-state index contributed by atoms with van der Waals surface area (Å²) in [5.74, 6) is 0.736. The Hall–Kier alpha value is -1.79. The lowest BCUT2D eigenvalue weighted by Crippen LogP contribution is -2.10. The van der Waals surface area contributed by atoms with Crippen LogP contribution in [-0.4, -0.2) is 17.1 Å². The van der Waals surface area contributed by atoms with E-state index in [0.29, 0.717) is 10.9 Å². The molecule has 2 rings (SSSR count). The molecule has 2 aromatic rings. The summed E-state index contributed by atoms with van der Waals surface area (Å²) >= 11 is 1.37. The molecule has 0 amide bonds. The second kappa shape index (κ2) is 6.11. The zero-order valence-electron chi connectivity index (χ0n) is 11.6. The molecule has 0 bridgehead atoms. The first-order chi connectivity index (χ1) is 9.51. The average molecular weight is 291 g/mol. The van der Waals surface area contributed by atoms with E-state index in [2.05, 4.69) is 9.97 Å². The van der Waals surface area contributed by atoms with Crippen LogP contribution in [0.5, 0.6) is 5.75 Å². The van der Waals surface area contributed by atoms with E-state index in [9.17, 15) is 4.79 Å². The summed E-state index contributed by atoms with van der Waals surface area (Å²) in [6, 6.07) is 6.98. The van der Waals surface area contributed by atoms with Crippen LogP contribution in [0.4, 0.5) is 0 Å². The number of methoxy groups -OCH3 is 1. The minimum Gasteiger partial charge on any atom is -0.496 e. The van der Waals surface area contributed by atoms with Crippen molar-refractivity contribution in [1.29, 1.82) is 0 Å². The predicted octanol–water partition coefficient (Wildman–Crippen LogP) is 2.26. The van der Waals surface area contributed by atoms with Crippen LogP contribution >= 0.6 is 11.8 Å². The van der Waals surface area contributed by atoms with Gasteiger partial charge in [0.05, 0.1) is 7.11 Å². The lowest BCUT2D eigenvalue weighted by atomic mass is 10.1. The maximum absolute atomic E-state index is 11.5. The van der Waals surface area contributed by atoms with Gasteiger partial charge in [-0.05, 0) is 26.0 Å². The van der Waals surface area contributed by atoms with Crippen LogP contribution in [0.2, 0.25) is 0 Å². The first kappa shape index (κ1) is 14.6. The highest BCUT2D eigenvalue weighted by Gasteiger charge is 2.15. The lowest BCUT2D eigenvalue weighted by molar-refractivity contribution is 0.405. The van der Waals surface area contributed by atoms with Crippen molar-refractivity contribution in [3.8, 4) is 5.75 Å². The Labute approximate surface area is 121 Å². The quantitative estimate of drug-likeness (QED) is 0.844. The lowest BCUT2D eigenvalue weighted by Gasteiger charge is -2.16. The molecular weight excluding hydrogens is 274 g/mol. The molecule has 1 unspecified atom stereocenters. The molecule has 20 heavy (non-hydrogen) atoms. The van der Waals surface area contributed by atoms with Crippen LogP contribution < -0.4 is 16.0 Å². The third-order valence-corrected chi connectivity index (χ3v) is 3.72. The molecule has 6 heteroatoms. The summed E-state index contributed by atoms with van der Waals surface area (Å²) in [4.78, 5) is 19.4. The fourth-order valence-electron chi connectivity index (χ4n) is 1.94. The highest BCUT2D eigenvalue weighted by molar-refractivity contribution is 7.99. The third kappa shape index (κ3) is 3.20. The Bertz CT molecular complexity index is 668. The van der Waals surface area contributed by atoms with E-state index in [1.807, 2.05) is 25.1 Å². The minimum atomic E-state index is -0.176. The van der Waals surface area contributed by atoms with Crippen molar-refractivity contribution < 1.29 is 4.74 Å². The second-order valence-corrected chi connectivity index (χ2v) is 5.49. The molecule has 0 aliphatic heterocycles. The number of aromatic amines is 1. The van der Waals surface area contributed by atoms with Crippen molar-refractivity contribution in [1.82, 2.24) is 9.97 Å². The van der Waals surface area contributed by atoms with Crippen LogP contribution in [0.1, 0.15) is 24.2 Å². The van der Waals surface area contributed by atoms with Gasteiger partial charge < -0.3 is 15.5 Å². The number of ether oxygens (including phenoxy) is 1. The van der Waals surface area contributed by atoms with Crippen molar-refractivity contribution >= 4 is 11.8 Å². The van der Waals surface area contributed by atoms with E-state index >= 15 is 0 Å². The SMILES string of the molecule is COc1cccc(Sc2nc(C)cc(=O)[nH]2)c1C(C)N. The number of benzene rings is 1. The normalized spacial score (nSPS) is 12.2. The van der Waals surface area contributed by atoms with Crippen LogP contribution in [0.15, 0.2) is 39.1 Å². The maximum atomic E-state index is 11.5. The van der Waals surface area contributed by atoms with Gasteiger partial charge in [-0.3, -0.25) is 4.79 Å². The third-order valence-electron chi connectivity index (χ3n) is 2.76. The summed E-state index contributed by atoms with van der Waals surface area (Å²) in [5, 5.41) is 0.546. The summed E-state index contributed by atoms with van der Waals surface area (Å²) in [6.07, 6.45) is 0. The molecule has 1 heterocycles. The number of rotatable bonds is 4. The van der Waals surface area contributed by atoms with Gasteiger partial charge >= 0.3 is 0 Å². The molecule has 3 N–H and O–H groups in total. The Morgan fingerprint density at radius 3 is 2.80 bits per heavy atom. The van der Waals surface area contributed by atoms with Gasteiger partial charge in [-0.1, -0.05) is 17.8 Å². The predicted molar refractivity (Wildman–Crippen MR) is 79.3 cm³/mol. The number of aromatic nitrogens is 2. The largest absolute Gasteiger partial charge is 0.496 e. The van der Waals surface area contributed by atoms with Crippen molar-refractivity contribution in [3.63, 3.8) is 0 Å². The smallest absolute Gasteiger partial charge is 0.251 e. The van der Waals surface area contributed by atoms with Crippen LogP contribution in [0, 0.1) is 6.92 Å². The zero-order chi connectivity index (χ0) is 14.7. The second-order valence-electron chi connectivity index (χ2n) is 4.45. The highest BCUT2D eigenvalue weighted by atomic mass is 32.2. The van der Waals surface area contributed by atoms with Gasteiger partial charge in [-0.25, -0.2) is 4.98 Å². The molecule has 1 aromatic carbocycles. The fourth-order valence-corrected chi connectivity index (χ4v) is 3.04. The first-order valence-corrected chi connectivity index (χ1v) is 7.01. The molecule has 0 aliphatic rings. The first-order valence-electron chi connectivity index (χ1n) is 6.19. The van der Waals surface area contributed by atoms with Crippen LogP contribution in [0.25, 0.3) is 0 Å². The van der Waals surface area contributed by atoms with Crippen molar-refractivity contribution in [2.24, 2.45) is 5.73 Å². The number of aryl methyl sites for hydroxylation is 1. The van der Waals surface area contributed by atoms with Crippen LogP contribution in [-0.2, 0) is 0 Å². The molecule has 0 saturated heterocycles. The molecule has 106 valence electrons. The molecular formula is C14H17N3O2S. The van der Waals surface area contributed by atoms with E-state index in [0.717, 1.165) is 16.2 Å². The molecule has 1 atom stereocenters. The molecule has 0 radical (unpaired) electrons. The van der Waals surface area contributed by atoms with Gasteiger partial charge in [0.15, 0.2) is 5.16 Å². The minimum absolute atomic E-state index is 0.162. The molecule has 0 saturated carbocycles. The van der Waals surface area contributed by atoms with Crippen molar-refractivity contribution in [2.75, 3.05) is 7.11 Å². The number of nitrogens with one attached hydrogen (secondary N) is 1. The van der Waals surface area contributed by atoms with E-state index in [-0.39, 0.29) is 11.6 Å². The van der Waals surface area contributed by atoms with E-state index in [1.165, 1.54) is 17.8 Å². The molecule has 0 aliphatic carbocycles. The monoisotopic (exact) mass is 291 g/mol. The topological polar surface area (TPSA) is 81.0 Å². The standard InChI is InChI=1S/C14H17N3O2S/c1-8-7-12(18)17-14(16-8)20-11-6-4-5-10(19-3)13(11)9(2)15/h4-7,9H,15H2,1-3H3,(H,16,17,18). The summed E-state index contributed by atoms with van der Waals surface area (Å²) in [5.41, 5.74) is 7.45. The summed E-state index contributed by atoms with van der Waals surface area (Å²) in [6.45, 7) is 3.69. The zero-order valence-corrected chi connectivity index (χ0v) is 12.5. The highest BCUT2D eigenvalue weighted by Crippen LogP contribution is 2.36. The van der Waals surface area contributed by atoms with Gasteiger partial charge in [-0.2, -0.15) is 0 Å². The average Bonchev–Trinajstić information content (AvgIpc) is 2.36. The number of nitrogens with two attached hydrogens (primary N) is 1. The Balaban J connectivity index is 2.45. The number of nitrogens with zero attached hydrogens (tertiary/aromatic N) is 1. The molecule has 5 nitrogen and oxygen atoms in total. The Morgan fingerprint density at radius 2 is 2.20 bits per heavy atom. The van der Waals surface area contributed by atoms with Crippen molar-refractivity contribution in [3.05, 3.63) is 45.9 Å².